The molecule has 0 spiro atoms. The van der Waals surface area contributed by atoms with Gasteiger partial charge in [-0.1, -0.05) is 19.8 Å². The van der Waals surface area contributed by atoms with E-state index < -0.39 is 5.97 Å². The zero-order chi connectivity index (χ0) is 15.4. The molecule has 0 radical (unpaired) electrons. The lowest BCUT2D eigenvalue weighted by molar-refractivity contribution is -0.138. The Morgan fingerprint density at radius 1 is 1.33 bits per heavy atom. The summed E-state index contributed by atoms with van der Waals surface area (Å²) in [5.74, 6) is 1.60. The largest absolute Gasteiger partial charge is 0.481 e. The van der Waals surface area contributed by atoms with Crippen LogP contribution in [0.15, 0.2) is 0 Å². The fraction of sp³-hybridized carbons (Fsp3) is 0.875. The molecule has 2 bridgehead atoms. The molecule has 0 aliphatic heterocycles. The third-order valence-electron chi connectivity index (χ3n) is 5.32. The molecular weight excluding hydrogens is 268 g/mol. The molecule has 5 nitrogen and oxygen atoms in total. The number of carboxylic acid groups (broad SMARTS) is 1. The Morgan fingerprint density at radius 3 is 2.62 bits per heavy atom. The van der Waals surface area contributed by atoms with Crippen molar-refractivity contribution in [2.45, 2.75) is 45.4 Å². The van der Waals surface area contributed by atoms with Gasteiger partial charge < -0.3 is 15.3 Å². The molecule has 0 aromatic carbocycles. The SMILES string of the molecule is CCC(CNC(=O)N(C)CC1CC2CCC1C2)CC(=O)O. The van der Waals surface area contributed by atoms with Gasteiger partial charge in [-0.05, 0) is 42.9 Å². The van der Waals surface area contributed by atoms with Crippen LogP contribution in [0.2, 0.25) is 0 Å². The number of nitrogens with one attached hydrogen (secondary N) is 1. The lowest BCUT2D eigenvalue weighted by Gasteiger charge is -2.27. The van der Waals surface area contributed by atoms with Gasteiger partial charge in [0.05, 0.1) is 0 Å². The van der Waals surface area contributed by atoms with Crippen LogP contribution < -0.4 is 5.32 Å². The quantitative estimate of drug-likeness (QED) is 0.758. The number of nitrogens with zero attached hydrogens (tertiary/aromatic N) is 1. The number of carbonyl (C=O) groups excluding carboxylic acids is 1. The van der Waals surface area contributed by atoms with Crippen molar-refractivity contribution in [3.63, 3.8) is 0 Å². The Balaban J connectivity index is 1.71. The summed E-state index contributed by atoms with van der Waals surface area (Å²) in [6, 6.07) is -0.0680. The summed E-state index contributed by atoms with van der Waals surface area (Å²) < 4.78 is 0. The molecule has 2 fully saturated rings. The standard InChI is InChI=1S/C16H28N2O3/c1-3-11(8-15(19)20)9-17-16(21)18(2)10-14-7-12-4-5-13(14)6-12/h11-14H,3-10H2,1-2H3,(H,17,21)(H,19,20). The van der Waals surface area contributed by atoms with Gasteiger partial charge in [-0.2, -0.15) is 0 Å². The number of hydrogen-bond acceptors (Lipinski definition) is 2. The molecule has 21 heavy (non-hydrogen) atoms. The Hall–Kier alpha value is -1.26. The first-order chi connectivity index (χ1) is 9.99. The number of hydrogen-bond donors (Lipinski definition) is 2. The molecule has 0 aromatic rings. The van der Waals surface area contributed by atoms with E-state index in [0.29, 0.717) is 12.5 Å². The van der Waals surface area contributed by atoms with Gasteiger partial charge in [0, 0.05) is 26.6 Å². The number of rotatable bonds is 7. The molecule has 5 heteroatoms. The minimum atomic E-state index is -0.800. The lowest BCUT2D eigenvalue weighted by Crippen LogP contribution is -2.42. The van der Waals surface area contributed by atoms with Crippen LogP contribution in [0.4, 0.5) is 4.79 Å². The van der Waals surface area contributed by atoms with E-state index in [-0.39, 0.29) is 18.4 Å². The zero-order valence-corrected chi connectivity index (χ0v) is 13.2. The summed E-state index contributed by atoms with van der Waals surface area (Å²) >= 11 is 0. The molecule has 0 saturated heterocycles. The van der Waals surface area contributed by atoms with Crippen molar-refractivity contribution < 1.29 is 14.7 Å². The smallest absolute Gasteiger partial charge is 0.317 e. The van der Waals surface area contributed by atoms with Gasteiger partial charge in [-0.25, -0.2) is 4.79 Å². The average molecular weight is 296 g/mol. The van der Waals surface area contributed by atoms with E-state index in [0.717, 1.165) is 24.8 Å². The fourth-order valence-electron chi connectivity index (χ4n) is 4.01. The van der Waals surface area contributed by atoms with E-state index in [4.69, 9.17) is 5.11 Å². The van der Waals surface area contributed by atoms with Crippen LogP contribution in [0.5, 0.6) is 0 Å². The highest BCUT2D eigenvalue weighted by molar-refractivity contribution is 5.74. The van der Waals surface area contributed by atoms with Gasteiger partial charge in [0.15, 0.2) is 0 Å². The van der Waals surface area contributed by atoms with E-state index in [1.165, 1.54) is 25.7 Å². The first kappa shape index (κ1) is 16.1. The Morgan fingerprint density at radius 2 is 2.10 bits per heavy atom. The Kier molecular flexibility index (Phi) is 5.48. The third kappa shape index (κ3) is 4.35. The van der Waals surface area contributed by atoms with Crippen LogP contribution in [0.3, 0.4) is 0 Å². The van der Waals surface area contributed by atoms with Crippen molar-refractivity contribution >= 4 is 12.0 Å². The van der Waals surface area contributed by atoms with Gasteiger partial charge in [0.2, 0.25) is 0 Å². The van der Waals surface area contributed by atoms with Gasteiger partial charge >= 0.3 is 12.0 Å². The van der Waals surface area contributed by atoms with E-state index in [2.05, 4.69) is 5.32 Å². The zero-order valence-electron chi connectivity index (χ0n) is 13.2. The molecule has 0 heterocycles. The van der Waals surface area contributed by atoms with Crippen molar-refractivity contribution in [3.8, 4) is 0 Å². The molecule has 2 aliphatic rings. The number of aliphatic carboxylic acids is 1. The number of fused-ring (bicyclic) bond motifs is 2. The van der Waals surface area contributed by atoms with Crippen LogP contribution in [-0.2, 0) is 4.79 Å². The van der Waals surface area contributed by atoms with E-state index in [9.17, 15) is 9.59 Å². The molecule has 0 aromatic heterocycles. The predicted octanol–water partition coefficient (Wildman–Crippen LogP) is 2.56. The third-order valence-corrected chi connectivity index (χ3v) is 5.32. The topological polar surface area (TPSA) is 69.6 Å². The maximum atomic E-state index is 12.1. The molecule has 2 N–H and O–H groups in total. The van der Waals surface area contributed by atoms with E-state index >= 15 is 0 Å². The van der Waals surface area contributed by atoms with Crippen molar-refractivity contribution in [3.05, 3.63) is 0 Å². The van der Waals surface area contributed by atoms with E-state index in [1.807, 2.05) is 14.0 Å². The number of amides is 2. The highest BCUT2D eigenvalue weighted by atomic mass is 16.4. The normalized spacial score (nSPS) is 28.4. The van der Waals surface area contributed by atoms with Gasteiger partial charge in [-0.15, -0.1) is 0 Å². The maximum Gasteiger partial charge on any atom is 0.317 e. The first-order valence-electron chi connectivity index (χ1n) is 8.20. The summed E-state index contributed by atoms with van der Waals surface area (Å²) in [4.78, 5) is 24.6. The van der Waals surface area contributed by atoms with Crippen molar-refractivity contribution in [1.29, 1.82) is 0 Å². The molecule has 2 saturated carbocycles. The first-order valence-corrected chi connectivity index (χ1v) is 8.20. The highest BCUT2D eigenvalue weighted by Gasteiger charge is 2.40. The molecule has 2 amide bonds. The molecule has 4 unspecified atom stereocenters. The minimum absolute atomic E-state index is 0.0161. The van der Waals surface area contributed by atoms with Crippen molar-refractivity contribution in [2.75, 3.05) is 20.1 Å². The van der Waals surface area contributed by atoms with Crippen molar-refractivity contribution in [2.24, 2.45) is 23.7 Å². The van der Waals surface area contributed by atoms with Gasteiger partial charge in [0.1, 0.15) is 0 Å². The van der Waals surface area contributed by atoms with Gasteiger partial charge in [0.25, 0.3) is 0 Å². The predicted molar refractivity (Wildman–Crippen MR) is 81.0 cm³/mol. The van der Waals surface area contributed by atoms with Crippen LogP contribution >= 0.6 is 0 Å². The fourth-order valence-corrected chi connectivity index (χ4v) is 4.01. The second-order valence-electron chi connectivity index (χ2n) is 6.87. The second kappa shape index (κ2) is 7.14. The number of carboxylic acids is 1. The minimum Gasteiger partial charge on any atom is -0.481 e. The highest BCUT2D eigenvalue weighted by Crippen LogP contribution is 2.48. The summed E-state index contributed by atoms with van der Waals surface area (Å²) in [6.45, 7) is 3.24. The summed E-state index contributed by atoms with van der Waals surface area (Å²) in [5.41, 5.74) is 0. The van der Waals surface area contributed by atoms with Crippen molar-refractivity contribution in [1.82, 2.24) is 10.2 Å². The molecule has 120 valence electrons. The Bertz CT molecular complexity index is 386. The molecule has 4 atom stereocenters. The number of carbonyl (C=O) groups is 2. The monoisotopic (exact) mass is 296 g/mol. The number of urea groups is 1. The van der Waals surface area contributed by atoms with E-state index in [1.54, 1.807) is 4.90 Å². The molecule has 2 aliphatic carbocycles. The van der Waals surface area contributed by atoms with Crippen LogP contribution in [0.1, 0.15) is 45.4 Å². The van der Waals surface area contributed by atoms with Crippen LogP contribution in [0, 0.1) is 23.7 Å². The van der Waals surface area contributed by atoms with Gasteiger partial charge in [-0.3, -0.25) is 4.79 Å². The Labute approximate surface area is 127 Å². The maximum absolute atomic E-state index is 12.1. The summed E-state index contributed by atoms with van der Waals surface area (Å²) in [6.07, 6.45) is 6.23. The second-order valence-corrected chi connectivity index (χ2v) is 6.87. The summed E-state index contributed by atoms with van der Waals surface area (Å²) in [5, 5.41) is 11.7. The van der Waals surface area contributed by atoms with Crippen LogP contribution in [-0.4, -0.2) is 42.1 Å². The molecule has 2 rings (SSSR count). The summed E-state index contributed by atoms with van der Waals surface area (Å²) in [7, 11) is 1.85. The van der Waals surface area contributed by atoms with Crippen LogP contribution in [0.25, 0.3) is 0 Å². The molecular formula is C16H28N2O3. The average Bonchev–Trinajstić information content (AvgIpc) is 3.04. The lowest BCUT2D eigenvalue weighted by atomic mass is 9.88.